The Morgan fingerprint density at radius 3 is 3.06 bits per heavy atom. The van der Waals surface area contributed by atoms with Crippen molar-refractivity contribution in [3.05, 3.63) is 17.7 Å². The van der Waals surface area contributed by atoms with Gasteiger partial charge in [0.15, 0.2) is 0 Å². The summed E-state index contributed by atoms with van der Waals surface area (Å²) in [5, 5.41) is 9.57. The molecule has 1 fully saturated rings. The first-order chi connectivity index (χ1) is 8.79. The molecule has 0 aromatic carbocycles. The van der Waals surface area contributed by atoms with E-state index in [9.17, 15) is 5.11 Å². The van der Waals surface area contributed by atoms with Gasteiger partial charge in [-0.3, -0.25) is 0 Å². The minimum Gasteiger partial charge on any atom is -0.394 e. The monoisotopic (exact) mass is 249 g/mol. The average molecular weight is 249 g/mol. The molecule has 2 unspecified atom stereocenters. The number of hydrogen-bond acceptors (Lipinski definition) is 3. The molecule has 0 spiro atoms. The highest BCUT2D eigenvalue weighted by Crippen LogP contribution is 2.32. The van der Waals surface area contributed by atoms with Crippen LogP contribution in [0.15, 0.2) is 6.20 Å². The normalized spacial score (nSPS) is 29.2. The Morgan fingerprint density at radius 2 is 2.28 bits per heavy atom. The van der Waals surface area contributed by atoms with Gasteiger partial charge in [-0.1, -0.05) is 0 Å². The number of nitrogens with zero attached hydrogens (tertiary/aromatic N) is 3. The minimum absolute atomic E-state index is 0.249. The molecule has 0 saturated carbocycles. The minimum atomic E-state index is 0.249. The molecule has 1 aromatic rings. The Labute approximate surface area is 109 Å². The second kappa shape index (κ2) is 5.02. The third kappa shape index (κ3) is 2.08. The van der Waals surface area contributed by atoms with Crippen molar-refractivity contribution in [1.29, 1.82) is 0 Å². The first-order valence-corrected chi connectivity index (χ1v) is 7.15. The Bertz CT molecular complexity index is 415. The topological polar surface area (TPSA) is 41.3 Å². The van der Waals surface area contributed by atoms with E-state index < -0.39 is 0 Å². The van der Waals surface area contributed by atoms with Crippen LogP contribution in [0.25, 0.3) is 0 Å². The predicted molar refractivity (Wildman–Crippen MR) is 70.8 cm³/mol. The van der Waals surface area contributed by atoms with Gasteiger partial charge in [-0.15, -0.1) is 0 Å². The molecular weight excluding hydrogens is 226 g/mol. The van der Waals surface area contributed by atoms with E-state index >= 15 is 0 Å². The second-order valence-electron chi connectivity index (χ2n) is 5.81. The number of piperidine rings is 1. The molecule has 0 amide bonds. The fourth-order valence-electron chi connectivity index (χ4n) is 3.52. The van der Waals surface area contributed by atoms with Crippen LogP contribution in [0.4, 0.5) is 0 Å². The van der Waals surface area contributed by atoms with Crippen molar-refractivity contribution in [3.8, 4) is 0 Å². The molecule has 1 N–H and O–H groups in total. The van der Waals surface area contributed by atoms with Crippen molar-refractivity contribution in [3.63, 3.8) is 0 Å². The van der Waals surface area contributed by atoms with Gasteiger partial charge in [-0.25, -0.2) is 4.98 Å². The van der Waals surface area contributed by atoms with E-state index in [2.05, 4.69) is 21.5 Å². The SMILES string of the molecule is CN1CCCC(c2ncc3n2C(CO)CCC3)C1. The Hall–Kier alpha value is -0.870. The molecule has 2 aliphatic rings. The molecule has 3 heterocycles. The number of likely N-dealkylation sites (N-methyl/N-ethyl adjacent to an activating group) is 1. The smallest absolute Gasteiger partial charge is 0.113 e. The molecule has 0 bridgehead atoms. The van der Waals surface area contributed by atoms with Crippen molar-refractivity contribution >= 4 is 0 Å². The molecule has 4 nitrogen and oxygen atoms in total. The summed E-state index contributed by atoms with van der Waals surface area (Å²) in [5.41, 5.74) is 1.32. The van der Waals surface area contributed by atoms with Crippen LogP contribution in [-0.4, -0.2) is 46.3 Å². The fraction of sp³-hybridized carbons (Fsp3) is 0.786. The van der Waals surface area contributed by atoms with E-state index in [1.807, 2.05) is 6.20 Å². The van der Waals surface area contributed by atoms with Gasteiger partial charge >= 0.3 is 0 Å². The zero-order valence-electron chi connectivity index (χ0n) is 11.2. The summed E-state index contributed by atoms with van der Waals surface area (Å²) in [6, 6.07) is 0.262. The highest BCUT2D eigenvalue weighted by molar-refractivity contribution is 5.14. The number of aryl methyl sites for hydroxylation is 1. The van der Waals surface area contributed by atoms with E-state index in [1.165, 1.54) is 37.3 Å². The molecule has 18 heavy (non-hydrogen) atoms. The predicted octanol–water partition coefficient (Wildman–Crippen LogP) is 1.56. The summed E-state index contributed by atoms with van der Waals surface area (Å²) in [7, 11) is 2.19. The molecule has 3 rings (SSSR count). The Balaban J connectivity index is 1.90. The van der Waals surface area contributed by atoms with E-state index in [-0.39, 0.29) is 12.6 Å². The first kappa shape index (κ1) is 12.2. The highest BCUT2D eigenvalue weighted by atomic mass is 16.3. The number of hydrogen-bond donors (Lipinski definition) is 1. The van der Waals surface area contributed by atoms with Crippen LogP contribution in [0.1, 0.15) is 49.2 Å². The second-order valence-corrected chi connectivity index (χ2v) is 5.81. The lowest BCUT2D eigenvalue weighted by Crippen LogP contribution is -2.33. The molecule has 0 aliphatic carbocycles. The lowest BCUT2D eigenvalue weighted by Gasteiger charge is -2.32. The van der Waals surface area contributed by atoms with Gasteiger partial charge in [-0.05, 0) is 45.7 Å². The van der Waals surface area contributed by atoms with Gasteiger partial charge in [0.05, 0.1) is 12.6 Å². The van der Waals surface area contributed by atoms with E-state index in [0.29, 0.717) is 5.92 Å². The van der Waals surface area contributed by atoms with Crippen LogP contribution in [-0.2, 0) is 6.42 Å². The lowest BCUT2D eigenvalue weighted by atomic mass is 9.96. The van der Waals surface area contributed by atoms with Gasteiger partial charge in [-0.2, -0.15) is 0 Å². The zero-order chi connectivity index (χ0) is 12.5. The molecule has 2 atom stereocenters. The summed E-state index contributed by atoms with van der Waals surface area (Å²) in [6.07, 6.45) is 7.92. The van der Waals surface area contributed by atoms with E-state index in [1.54, 1.807) is 0 Å². The maximum atomic E-state index is 9.57. The average Bonchev–Trinajstić information content (AvgIpc) is 2.82. The van der Waals surface area contributed by atoms with Crippen LogP contribution in [0.2, 0.25) is 0 Å². The third-order valence-corrected chi connectivity index (χ3v) is 4.44. The van der Waals surface area contributed by atoms with Crippen molar-refractivity contribution in [2.24, 2.45) is 0 Å². The maximum absolute atomic E-state index is 9.57. The van der Waals surface area contributed by atoms with Gasteiger partial charge < -0.3 is 14.6 Å². The fourth-order valence-corrected chi connectivity index (χ4v) is 3.52. The lowest BCUT2D eigenvalue weighted by molar-refractivity contribution is 0.194. The van der Waals surface area contributed by atoms with Crippen LogP contribution in [0, 0.1) is 0 Å². The summed E-state index contributed by atoms with van der Waals surface area (Å²) < 4.78 is 2.34. The molecule has 100 valence electrons. The van der Waals surface area contributed by atoms with Crippen LogP contribution >= 0.6 is 0 Å². The van der Waals surface area contributed by atoms with Crippen LogP contribution in [0.5, 0.6) is 0 Å². The van der Waals surface area contributed by atoms with E-state index in [4.69, 9.17) is 0 Å². The van der Waals surface area contributed by atoms with Gasteiger partial charge in [0.1, 0.15) is 5.82 Å². The van der Waals surface area contributed by atoms with Crippen molar-refractivity contribution < 1.29 is 5.11 Å². The van der Waals surface area contributed by atoms with Gasteiger partial charge in [0.25, 0.3) is 0 Å². The van der Waals surface area contributed by atoms with Gasteiger partial charge in [0.2, 0.25) is 0 Å². The molecule has 1 aromatic heterocycles. The van der Waals surface area contributed by atoms with Crippen LogP contribution < -0.4 is 0 Å². The van der Waals surface area contributed by atoms with Crippen molar-refractivity contribution in [2.45, 2.75) is 44.1 Å². The largest absolute Gasteiger partial charge is 0.394 e. The summed E-state index contributed by atoms with van der Waals surface area (Å²) in [6.45, 7) is 2.56. The quantitative estimate of drug-likeness (QED) is 0.865. The molecule has 4 heteroatoms. The molecule has 2 aliphatic heterocycles. The number of rotatable bonds is 2. The number of aliphatic hydroxyl groups excluding tert-OH is 1. The number of fused-ring (bicyclic) bond motifs is 1. The standard InChI is InChI=1S/C14H23N3O/c1-16-7-3-4-11(9-16)14-15-8-12-5-2-6-13(10-18)17(12)14/h8,11,13,18H,2-7,9-10H2,1H3. The Morgan fingerprint density at radius 1 is 1.39 bits per heavy atom. The summed E-state index contributed by atoms with van der Waals surface area (Å²) >= 11 is 0. The van der Waals surface area contributed by atoms with Crippen molar-refractivity contribution in [1.82, 2.24) is 14.5 Å². The molecular formula is C14H23N3O. The number of aromatic nitrogens is 2. The number of imidazole rings is 1. The summed E-state index contributed by atoms with van der Waals surface area (Å²) in [4.78, 5) is 7.07. The number of aliphatic hydroxyl groups is 1. The molecule has 0 radical (unpaired) electrons. The maximum Gasteiger partial charge on any atom is 0.113 e. The Kier molecular flexibility index (Phi) is 3.39. The van der Waals surface area contributed by atoms with Crippen LogP contribution in [0.3, 0.4) is 0 Å². The zero-order valence-corrected chi connectivity index (χ0v) is 11.2. The van der Waals surface area contributed by atoms with Gasteiger partial charge in [0, 0.05) is 24.4 Å². The third-order valence-electron chi connectivity index (χ3n) is 4.44. The molecule has 1 saturated heterocycles. The first-order valence-electron chi connectivity index (χ1n) is 7.15. The van der Waals surface area contributed by atoms with Crippen molar-refractivity contribution in [2.75, 3.05) is 26.7 Å². The highest BCUT2D eigenvalue weighted by Gasteiger charge is 2.28. The summed E-state index contributed by atoms with van der Waals surface area (Å²) in [5.74, 6) is 1.76. The van der Waals surface area contributed by atoms with E-state index in [0.717, 1.165) is 19.4 Å². The number of likely N-dealkylation sites (tertiary alicyclic amines) is 1.